The van der Waals surface area contributed by atoms with Crippen molar-refractivity contribution in [3.63, 3.8) is 0 Å². The number of hydrogen-bond acceptors (Lipinski definition) is 5. The maximum absolute atomic E-state index is 12.5. The van der Waals surface area contributed by atoms with Gasteiger partial charge in [-0.15, -0.1) is 11.3 Å². The van der Waals surface area contributed by atoms with E-state index in [2.05, 4.69) is 21.0 Å². The molecule has 6 nitrogen and oxygen atoms in total. The third-order valence-electron chi connectivity index (χ3n) is 3.88. The Balaban J connectivity index is 1.52. The maximum Gasteiger partial charge on any atom is 0.247 e. The number of carbonyl (C=O) groups excluding carboxylic acids is 1. The number of rotatable bonds is 4. The Kier molecular flexibility index (Phi) is 4.75. The molecule has 0 spiro atoms. The summed E-state index contributed by atoms with van der Waals surface area (Å²) in [6.45, 7) is 6.01. The first-order valence-electron chi connectivity index (χ1n) is 7.23. The van der Waals surface area contributed by atoms with Crippen molar-refractivity contribution in [2.45, 2.75) is 19.5 Å². The van der Waals surface area contributed by atoms with E-state index in [-0.39, 0.29) is 11.9 Å². The summed E-state index contributed by atoms with van der Waals surface area (Å²) in [5.41, 5.74) is 0. The van der Waals surface area contributed by atoms with Crippen LogP contribution in [0.5, 0.6) is 0 Å². The molecule has 1 aliphatic heterocycles. The molecular formula is C14H18ClN5OS. The van der Waals surface area contributed by atoms with E-state index in [0.29, 0.717) is 0 Å². The second-order valence-corrected chi connectivity index (χ2v) is 7.16. The van der Waals surface area contributed by atoms with Gasteiger partial charge < -0.3 is 4.90 Å². The molecule has 1 saturated heterocycles. The number of thiophene rings is 1. The fraction of sp³-hybridized carbons (Fsp3) is 0.500. The molecule has 0 aromatic carbocycles. The molecule has 0 aliphatic carbocycles. The van der Waals surface area contributed by atoms with Crippen LogP contribution in [0.1, 0.15) is 17.8 Å². The van der Waals surface area contributed by atoms with E-state index in [1.54, 1.807) is 22.3 Å². The van der Waals surface area contributed by atoms with Gasteiger partial charge in [0.25, 0.3) is 0 Å². The van der Waals surface area contributed by atoms with Gasteiger partial charge >= 0.3 is 0 Å². The molecule has 0 radical (unpaired) electrons. The average Bonchev–Trinajstić information content (AvgIpc) is 3.18. The van der Waals surface area contributed by atoms with Gasteiger partial charge in [0.2, 0.25) is 5.91 Å². The standard InChI is InChI=1S/C14H18ClN5OS/c1-11(20-10-16-9-17-20)14(21)19-6-4-18(5-7-19)8-12-2-3-13(15)22-12/h2-3,9-11H,4-8H2,1H3/t11-/m1/s1. The van der Waals surface area contributed by atoms with Crippen LogP contribution in [0.25, 0.3) is 0 Å². The number of amides is 1. The molecule has 0 bridgehead atoms. The Bertz CT molecular complexity index is 621. The van der Waals surface area contributed by atoms with Crippen LogP contribution in [0.3, 0.4) is 0 Å². The molecular weight excluding hydrogens is 322 g/mol. The maximum atomic E-state index is 12.5. The van der Waals surface area contributed by atoms with Gasteiger partial charge in [-0.05, 0) is 19.1 Å². The first-order valence-corrected chi connectivity index (χ1v) is 8.42. The van der Waals surface area contributed by atoms with Crippen LogP contribution in [0.15, 0.2) is 24.8 Å². The molecule has 1 amide bonds. The first kappa shape index (κ1) is 15.5. The predicted octanol–water partition coefficient (Wildman–Crippen LogP) is 1.90. The minimum absolute atomic E-state index is 0.101. The van der Waals surface area contributed by atoms with Crippen molar-refractivity contribution in [1.29, 1.82) is 0 Å². The molecule has 22 heavy (non-hydrogen) atoms. The molecule has 0 N–H and O–H groups in total. The molecule has 0 unspecified atom stereocenters. The average molecular weight is 340 g/mol. The summed E-state index contributed by atoms with van der Waals surface area (Å²) in [7, 11) is 0. The highest BCUT2D eigenvalue weighted by Gasteiger charge is 2.26. The van der Waals surface area contributed by atoms with Crippen LogP contribution in [-0.2, 0) is 11.3 Å². The van der Waals surface area contributed by atoms with Crippen LogP contribution >= 0.6 is 22.9 Å². The van der Waals surface area contributed by atoms with Crippen molar-refractivity contribution in [2.24, 2.45) is 0 Å². The Morgan fingerprint density at radius 3 is 2.73 bits per heavy atom. The summed E-state index contributed by atoms with van der Waals surface area (Å²) >= 11 is 7.58. The highest BCUT2D eigenvalue weighted by Crippen LogP contribution is 2.23. The predicted molar refractivity (Wildman–Crippen MR) is 85.9 cm³/mol. The monoisotopic (exact) mass is 339 g/mol. The molecule has 3 heterocycles. The van der Waals surface area contributed by atoms with E-state index in [4.69, 9.17) is 11.6 Å². The second kappa shape index (κ2) is 6.76. The number of nitrogens with zero attached hydrogens (tertiary/aromatic N) is 5. The van der Waals surface area contributed by atoms with Gasteiger partial charge in [-0.3, -0.25) is 9.69 Å². The van der Waals surface area contributed by atoms with Gasteiger partial charge in [-0.25, -0.2) is 9.67 Å². The lowest BCUT2D eigenvalue weighted by molar-refractivity contribution is -0.136. The molecule has 1 atom stereocenters. The van der Waals surface area contributed by atoms with E-state index in [1.165, 1.54) is 11.2 Å². The summed E-state index contributed by atoms with van der Waals surface area (Å²) in [6, 6.07) is 3.70. The van der Waals surface area contributed by atoms with E-state index in [9.17, 15) is 4.79 Å². The summed E-state index contributed by atoms with van der Waals surface area (Å²) in [6.07, 6.45) is 3.03. The Hall–Kier alpha value is -1.44. The van der Waals surface area contributed by atoms with Crippen molar-refractivity contribution in [1.82, 2.24) is 24.6 Å². The lowest BCUT2D eigenvalue weighted by atomic mass is 10.2. The molecule has 2 aromatic rings. The van der Waals surface area contributed by atoms with Gasteiger partial charge in [0.15, 0.2) is 0 Å². The summed E-state index contributed by atoms with van der Waals surface area (Å²) in [4.78, 5) is 21.9. The van der Waals surface area contributed by atoms with Crippen LogP contribution in [-0.4, -0.2) is 56.7 Å². The summed E-state index contributed by atoms with van der Waals surface area (Å²) in [5, 5.41) is 4.04. The number of aromatic nitrogens is 3. The number of carbonyl (C=O) groups is 1. The Labute approximate surface area is 138 Å². The normalized spacial score (nSPS) is 17.6. The minimum atomic E-state index is -0.301. The Morgan fingerprint density at radius 1 is 1.36 bits per heavy atom. The Morgan fingerprint density at radius 2 is 2.14 bits per heavy atom. The van der Waals surface area contributed by atoms with Crippen LogP contribution < -0.4 is 0 Å². The molecule has 1 aliphatic rings. The van der Waals surface area contributed by atoms with Crippen molar-refractivity contribution >= 4 is 28.8 Å². The van der Waals surface area contributed by atoms with Crippen LogP contribution in [0, 0.1) is 0 Å². The number of halogens is 1. The molecule has 3 rings (SSSR count). The van der Waals surface area contributed by atoms with Gasteiger partial charge in [0.1, 0.15) is 18.7 Å². The van der Waals surface area contributed by atoms with Crippen molar-refractivity contribution in [3.05, 3.63) is 34.0 Å². The number of piperazine rings is 1. The highest BCUT2D eigenvalue weighted by atomic mass is 35.5. The second-order valence-electron chi connectivity index (χ2n) is 5.36. The quantitative estimate of drug-likeness (QED) is 0.853. The lowest BCUT2D eigenvalue weighted by Gasteiger charge is -2.35. The molecule has 118 valence electrons. The van der Waals surface area contributed by atoms with Gasteiger partial charge in [-0.2, -0.15) is 5.10 Å². The zero-order valence-corrected chi connectivity index (χ0v) is 13.9. The molecule has 0 saturated carbocycles. The van der Waals surface area contributed by atoms with Crippen molar-refractivity contribution in [3.8, 4) is 0 Å². The minimum Gasteiger partial charge on any atom is -0.338 e. The molecule has 2 aromatic heterocycles. The SMILES string of the molecule is C[C@H](C(=O)N1CCN(Cc2ccc(Cl)s2)CC1)n1cncn1. The van der Waals surface area contributed by atoms with Crippen molar-refractivity contribution in [2.75, 3.05) is 26.2 Å². The van der Waals surface area contributed by atoms with Gasteiger partial charge in [0.05, 0.1) is 4.34 Å². The van der Waals surface area contributed by atoms with Crippen LogP contribution in [0.4, 0.5) is 0 Å². The largest absolute Gasteiger partial charge is 0.338 e. The van der Waals surface area contributed by atoms with E-state index >= 15 is 0 Å². The summed E-state index contributed by atoms with van der Waals surface area (Å²) in [5.74, 6) is 0.101. The fourth-order valence-corrected chi connectivity index (χ4v) is 3.71. The molecule has 8 heteroatoms. The zero-order valence-electron chi connectivity index (χ0n) is 12.4. The fourth-order valence-electron chi connectivity index (χ4n) is 2.58. The van der Waals surface area contributed by atoms with Gasteiger partial charge in [0, 0.05) is 37.6 Å². The van der Waals surface area contributed by atoms with Gasteiger partial charge in [-0.1, -0.05) is 11.6 Å². The van der Waals surface area contributed by atoms with E-state index in [0.717, 1.165) is 37.1 Å². The highest BCUT2D eigenvalue weighted by molar-refractivity contribution is 7.16. The van der Waals surface area contributed by atoms with Crippen molar-refractivity contribution < 1.29 is 4.79 Å². The van der Waals surface area contributed by atoms with E-state index in [1.807, 2.05) is 17.9 Å². The molecule has 1 fully saturated rings. The lowest BCUT2D eigenvalue weighted by Crippen LogP contribution is -2.49. The zero-order chi connectivity index (χ0) is 15.5. The number of hydrogen-bond donors (Lipinski definition) is 0. The first-order chi connectivity index (χ1) is 10.6. The smallest absolute Gasteiger partial charge is 0.247 e. The third-order valence-corrected chi connectivity index (χ3v) is 5.10. The van der Waals surface area contributed by atoms with Crippen LogP contribution in [0.2, 0.25) is 4.34 Å². The third kappa shape index (κ3) is 3.48. The topological polar surface area (TPSA) is 54.3 Å². The van der Waals surface area contributed by atoms with E-state index < -0.39 is 0 Å². The summed E-state index contributed by atoms with van der Waals surface area (Å²) < 4.78 is 2.42.